The predicted octanol–water partition coefficient (Wildman–Crippen LogP) is 9.66. The minimum Gasteiger partial charge on any atom is -0.444 e. The summed E-state index contributed by atoms with van der Waals surface area (Å²) in [6, 6.07) is 31.3. The lowest BCUT2D eigenvalue weighted by Crippen LogP contribution is -2.56. The average Bonchev–Trinajstić information content (AvgIpc) is 3.02. The summed E-state index contributed by atoms with van der Waals surface area (Å²) >= 11 is 0. The molecule has 2 aliphatic rings. The molecule has 2 unspecified atom stereocenters. The lowest BCUT2D eigenvalue weighted by Gasteiger charge is -2.45. The Labute approximate surface area is 285 Å². The number of carbonyl (C=O) groups excluding carboxylic acids is 1. The number of hydrogen-bond donors (Lipinski definition) is 0. The van der Waals surface area contributed by atoms with Crippen LogP contribution in [0.2, 0.25) is 0 Å². The minimum absolute atomic E-state index is 0. The first-order valence-corrected chi connectivity index (χ1v) is 16.9. The normalized spacial score (nSPS) is 20.7. The molecular weight excluding hydrogens is 584 g/mol. The van der Waals surface area contributed by atoms with E-state index in [4.69, 9.17) is 14.2 Å². The Morgan fingerprint density at radius 1 is 0.681 bits per heavy atom. The van der Waals surface area contributed by atoms with Gasteiger partial charge in [0, 0.05) is 24.2 Å². The molecule has 0 N–H and O–H groups in total. The number of nitrogens with zero attached hydrogens (tertiary/aromatic N) is 2. The molecule has 2 atom stereocenters. The van der Waals surface area contributed by atoms with Gasteiger partial charge in [-0.1, -0.05) is 98.4 Å². The van der Waals surface area contributed by atoms with Crippen molar-refractivity contribution in [2.45, 2.75) is 130 Å². The highest BCUT2D eigenvalue weighted by atomic mass is 16.6. The fraction of sp³-hybridized carbons (Fsp3) is 0.537. The predicted molar refractivity (Wildman–Crippen MR) is 193 cm³/mol. The van der Waals surface area contributed by atoms with Crippen molar-refractivity contribution in [3.05, 3.63) is 108 Å². The van der Waals surface area contributed by atoms with Crippen LogP contribution in [0.3, 0.4) is 0 Å². The molecule has 3 aromatic carbocycles. The van der Waals surface area contributed by atoms with Gasteiger partial charge < -0.3 is 19.1 Å². The Kier molecular flexibility index (Phi) is 14.1. The van der Waals surface area contributed by atoms with Gasteiger partial charge >= 0.3 is 6.09 Å². The van der Waals surface area contributed by atoms with Crippen LogP contribution >= 0.6 is 0 Å². The summed E-state index contributed by atoms with van der Waals surface area (Å²) in [5.74, 6) is 0. The number of benzene rings is 3. The van der Waals surface area contributed by atoms with Gasteiger partial charge in [-0.05, 0) is 90.8 Å². The molecule has 258 valence electrons. The monoisotopic (exact) mass is 644 g/mol. The third-order valence-corrected chi connectivity index (χ3v) is 9.04. The largest absolute Gasteiger partial charge is 0.444 e. The molecule has 3 aromatic rings. The zero-order chi connectivity index (χ0) is 33.2. The first-order valence-electron chi connectivity index (χ1n) is 16.9. The number of amides is 1. The smallest absolute Gasteiger partial charge is 0.410 e. The standard InChI is InChI=1S/C21H27NO.C19H29NO3.CH4/c1-21(2)14-13-20(23-17-19-11-7-4-8-12-19)16-22(21)15-18-9-5-3-6-10-18;1-18(2,3)23-17(21)20-13-16(11-12-19(20,4)5)22-14-15-9-7-6-8-10-15;/h3-12,20H,13-17H2,1-2H3;6-10,16H,11-14H2,1-5H3;1H4. The van der Waals surface area contributed by atoms with E-state index in [-0.39, 0.29) is 30.7 Å². The Morgan fingerprint density at radius 3 is 1.57 bits per heavy atom. The number of rotatable bonds is 8. The Bertz CT molecular complexity index is 1320. The van der Waals surface area contributed by atoms with E-state index in [1.807, 2.05) is 49.9 Å². The third kappa shape index (κ3) is 12.4. The van der Waals surface area contributed by atoms with Crippen molar-refractivity contribution in [1.82, 2.24) is 9.80 Å². The average molecular weight is 645 g/mol. The molecule has 2 saturated heterocycles. The molecule has 0 aromatic heterocycles. The summed E-state index contributed by atoms with van der Waals surface area (Å²) in [5, 5.41) is 0. The van der Waals surface area contributed by atoms with Crippen molar-refractivity contribution in [2.75, 3.05) is 13.1 Å². The highest BCUT2D eigenvalue weighted by molar-refractivity contribution is 5.69. The lowest BCUT2D eigenvalue weighted by atomic mass is 9.88. The summed E-state index contributed by atoms with van der Waals surface area (Å²) in [6.07, 6.45) is 4.31. The maximum Gasteiger partial charge on any atom is 0.410 e. The molecule has 47 heavy (non-hydrogen) atoms. The highest BCUT2D eigenvalue weighted by Gasteiger charge is 2.40. The van der Waals surface area contributed by atoms with Gasteiger partial charge in [0.1, 0.15) is 5.60 Å². The summed E-state index contributed by atoms with van der Waals surface area (Å²) in [7, 11) is 0. The van der Waals surface area contributed by atoms with Crippen molar-refractivity contribution in [1.29, 1.82) is 0 Å². The second-order valence-electron chi connectivity index (χ2n) is 15.0. The van der Waals surface area contributed by atoms with Gasteiger partial charge in [-0.2, -0.15) is 0 Å². The van der Waals surface area contributed by atoms with Gasteiger partial charge in [-0.25, -0.2) is 4.79 Å². The summed E-state index contributed by atoms with van der Waals surface area (Å²) < 4.78 is 17.8. The quantitative estimate of drug-likeness (QED) is 0.244. The van der Waals surface area contributed by atoms with Gasteiger partial charge in [0.2, 0.25) is 0 Å². The van der Waals surface area contributed by atoms with Gasteiger partial charge in [0.15, 0.2) is 0 Å². The van der Waals surface area contributed by atoms with Crippen LogP contribution < -0.4 is 0 Å². The van der Waals surface area contributed by atoms with Gasteiger partial charge in [-0.15, -0.1) is 0 Å². The van der Waals surface area contributed by atoms with E-state index in [0.29, 0.717) is 25.9 Å². The van der Waals surface area contributed by atoms with Crippen LogP contribution in [0.25, 0.3) is 0 Å². The van der Waals surface area contributed by atoms with Crippen LogP contribution in [0.5, 0.6) is 0 Å². The van der Waals surface area contributed by atoms with Crippen molar-refractivity contribution in [2.24, 2.45) is 0 Å². The molecule has 2 aliphatic heterocycles. The number of hydrogen-bond acceptors (Lipinski definition) is 5. The zero-order valence-corrected chi connectivity index (χ0v) is 29.2. The zero-order valence-electron chi connectivity index (χ0n) is 29.2. The van der Waals surface area contributed by atoms with E-state index in [2.05, 4.69) is 99.3 Å². The summed E-state index contributed by atoms with van der Waals surface area (Å²) in [4.78, 5) is 16.9. The Balaban J connectivity index is 0.000000250. The number of likely N-dealkylation sites (tertiary alicyclic amines) is 2. The number of piperidine rings is 2. The molecule has 0 bridgehead atoms. The molecule has 6 nitrogen and oxygen atoms in total. The molecule has 0 aliphatic carbocycles. The summed E-state index contributed by atoms with van der Waals surface area (Å²) in [6.45, 7) is 18.4. The fourth-order valence-electron chi connectivity index (χ4n) is 6.02. The first kappa shape index (κ1) is 38.3. The van der Waals surface area contributed by atoms with E-state index in [1.165, 1.54) is 17.5 Å². The maximum atomic E-state index is 12.5. The topological polar surface area (TPSA) is 51.2 Å². The highest BCUT2D eigenvalue weighted by Crippen LogP contribution is 2.32. The van der Waals surface area contributed by atoms with Crippen molar-refractivity contribution >= 4 is 6.09 Å². The molecule has 5 rings (SSSR count). The Hall–Kier alpha value is -3.19. The van der Waals surface area contributed by atoms with Crippen LogP contribution in [0.4, 0.5) is 4.79 Å². The van der Waals surface area contributed by atoms with Crippen molar-refractivity contribution in [3.8, 4) is 0 Å². The van der Waals surface area contributed by atoms with E-state index in [1.54, 1.807) is 0 Å². The third-order valence-electron chi connectivity index (χ3n) is 9.04. The van der Waals surface area contributed by atoms with Gasteiger partial charge in [0.25, 0.3) is 0 Å². The van der Waals surface area contributed by atoms with E-state index in [0.717, 1.165) is 37.9 Å². The number of ether oxygens (including phenoxy) is 3. The van der Waals surface area contributed by atoms with Crippen LogP contribution in [0.15, 0.2) is 91.0 Å². The van der Waals surface area contributed by atoms with Crippen LogP contribution in [0, 0.1) is 0 Å². The van der Waals surface area contributed by atoms with Crippen LogP contribution in [-0.2, 0) is 34.0 Å². The van der Waals surface area contributed by atoms with E-state index in [9.17, 15) is 4.79 Å². The van der Waals surface area contributed by atoms with Gasteiger partial charge in [0.05, 0.1) is 32.0 Å². The fourth-order valence-corrected chi connectivity index (χ4v) is 6.02. The van der Waals surface area contributed by atoms with E-state index >= 15 is 0 Å². The second kappa shape index (κ2) is 17.3. The van der Waals surface area contributed by atoms with E-state index < -0.39 is 5.60 Å². The van der Waals surface area contributed by atoms with Crippen LogP contribution in [0.1, 0.15) is 98.3 Å². The SMILES string of the molecule is C.CC(C)(C)OC(=O)N1CC(OCc2ccccc2)CCC1(C)C.CC1(C)CCC(OCc2ccccc2)CN1Cc1ccccc1. The molecule has 6 heteroatoms. The molecule has 0 spiro atoms. The van der Waals surface area contributed by atoms with Crippen molar-refractivity contribution < 1.29 is 19.0 Å². The molecule has 0 radical (unpaired) electrons. The molecule has 2 heterocycles. The molecule has 0 saturated carbocycles. The molecular formula is C41H60N2O4. The first-order chi connectivity index (χ1) is 21.8. The number of carbonyl (C=O) groups is 1. The molecule has 1 amide bonds. The molecule has 2 fully saturated rings. The van der Waals surface area contributed by atoms with Crippen molar-refractivity contribution in [3.63, 3.8) is 0 Å². The Morgan fingerprint density at radius 2 is 1.11 bits per heavy atom. The van der Waals surface area contributed by atoms with Gasteiger partial charge in [-0.3, -0.25) is 4.90 Å². The minimum atomic E-state index is -0.481. The second-order valence-corrected chi connectivity index (χ2v) is 15.0. The maximum absolute atomic E-state index is 12.5. The van der Waals surface area contributed by atoms with Crippen LogP contribution in [-0.4, -0.2) is 57.9 Å². The summed E-state index contributed by atoms with van der Waals surface area (Å²) in [5.41, 5.74) is 3.35. The lowest BCUT2D eigenvalue weighted by molar-refractivity contribution is -0.0606.